The fraction of sp³-hybridized carbons (Fsp3) is 0.600. The fourth-order valence-electron chi connectivity index (χ4n) is 3.75. The summed E-state index contributed by atoms with van der Waals surface area (Å²) in [4.78, 5) is 0.415. The number of nitrogens with zero attached hydrogens (tertiary/aromatic N) is 1. The number of rotatable bonds is 2. The van der Waals surface area contributed by atoms with Crippen LogP contribution in [0.1, 0.15) is 37.7 Å². The summed E-state index contributed by atoms with van der Waals surface area (Å²) in [6.45, 7) is 2.49. The zero-order valence-corrected chi connectivity index (χ0v) is 12.7. The fourth-order valence-corrected chi connectivity index (χ4v) is 5.69. The molecule has 1 saturated carbocycles. The van der Waals surface area contributed by atoms with Crippen molar-refractivity contribution in [2.45, 2.75) is 50.0 Å². The molecule has 5 heteroatoms. The van der Waals surface area contributed by atoms with Crippen molar-refractivity contribution in [2.24, 2.45) is 5.92 Å². The van der Waals surface area contributed by atoms with Crippen LogP contribution in [0.3, 0.4) is 0 Å². The highest BCUT2D eigenvalue weighted by atomic mass is 32.2. The van der Waals surface area contributed by atoms with Crippen LogP contribution in [0.4, 0.5) is 5.69 Å². The van der Waals surface area contributed by atoms with E-state index in [4.69, 9.17) is 5.73 Å². The minimum atomic E-state index is -3.38. The van der Waals surface area contributed by atoms with Crippen molar-refractivity contribution < 1.29 is 8.42 Å². The first-order chi connectivity index (χ1) is 9.50. The van der Waals surface area contributed by atoms with E-state index in [2.05, 4.69) is 0 Å². The number of nitrogen functional groups attached to an aromatic ring is 1. The molecule has 0 amide bonds. The number of sulfonamides is 1. The average molecular weight is 294 g/mol. The highest BCUT2D eigenvalue weighted by Gasteiger charge is 2.42. The summed E-state index contributed by atoms with van der Waals surface area (Å²) in [5.41, 5.74) is 7.07. The van der Waals surface area contributed by atoms with Gasteiger partial charge in [0.25, 0.3) is 0 Å². The number of anilines is 1. The van der Waals surface area contributed by atoms with Crippen molar-refractivity contribution >= 4 is 15.7 Å². The largest absolute Gasteiger partial charge is 0.399 e. The van der Waals surface area contributed by atoms with Gasteiger partial charge in [0.1, 0.15) is 0 Å². The van der Waals surface area contributed by atoms with Crippen molar-refractivity contribution in [1.29, 1.82) is 0 Å². The van der Waals surface area contributed by atoms with Crippen LogP contribution in [0.5, 0.6) is 0 Å². The van der Waals surface area contributed by atoms with E-state index in [0.717, 1.165) is 24.8 Å². The van der Waals surface area contributed by atoms with Crippen molar-refractivity contribution in [3.63, 3.8) is 0 Å². The smallest absolute Gasteiger partial charge is 0.243 e. The predicted molar refractivity (Wildman–Crippen MR) is 79.8 cm³/mol. The maximum absolute atomic E-state index is 12.9. The predicted octanol–water partition coefficient (Wildman–Crippen LogP) is 2.53. The number of fused-ring (bicyclic) bond motifs is 1. The second-order valence-corrected chi connectivity index (χ2v) is 7.90. The second-order valence-electron chi connectivity index (χ2n) is 6.04. The van der Waals surface area contributed by atoms with E-state index in [1.165, 1.54) is 12.8 Å². The first-order valence-corrected chi connectivity index (χ1v) is 8.82. The van der Waals surface area contributed by atoms with Crippen LogP contribution in [-0.2, 0) is 10.0 Å². The molecule has 1 aliphatic carbocycles. The number of hydrogen-bond donors (Lipinski definition) is 1. The monoisotopic (exact) mass is 294 g/mol. The summed E-state index contributed by atoms with van der Waals surface area (Å²) in [5.74, 6) is 0.563. The molecule has 2 fully saturated rings. The number of aryl methyl sites for hydroxylation is 1. The van der Waals surface area contributed by atoms with Gasteiger partial charge in [-0.25, -0.2) is 8.42 Å². The molecule has 2 aliphatic rings. The minimum absolute atomic E-state index is 0.214. The van der Waals surface area contributed by atoms with Crippen molar-refractivity contribution in [3.05, 3.63) is 23.8 Å². The van der Waals surface area contributed by atoms with E-state index in [9.17, 15) is 8.42 Å². The highest BCUT2D eigenvalue weighted by molar-refractivity contribution is 7.89. The van der Waals surface area contributed by atoms with E-state index >= 15 is 0 Å². The van der Waals surface area contributed by atoms with Gasteiger partial charge in [-0.05, 0) is 55.9 Å². The Balaban J connectivity index is 1.95. The van der Waals surface area contributed by atoms with Crippen molar-refractivity contribution in [3.8, 4) is 0 Å². The molecule has 2 atom stereocenters. The summed E-state index contributed by atoms with van der Waals surface area (Å²) in [6.07, 6.45) is 5.59. The molecule has 2 unspecified atom stereocenters. The molecule has 1 saturated heterocycles. The number of nitrogens with two attached hydrogens (primary N) is 1. The molecule has 0 aromatic heterocycles. The van der Waals surface area contributed by atoms with Crippen LogP contribution in [0.15, 0.2) is 23.1 Å². The van der Waals surface area contributed by atoms with E-state index in [1.807, 2.05) is 6.92 Å². The maximum atomic E-state index is 12.9. The Morgan fingerprint density at radius 1 is 1.20 bits per heavy atom. The van der Waals surface area contributed by atoms with Crippen molar-refractivity contribution in [2.75, 3.05) is 12.3 Å². The molecule has 3 rings (SSSR count). The summed E-state index contributed by atoms with van der Waals surface area (Å²) < 4.78 is 27.6. The van der Waals surface area contributed by atoms with Gasteiger partial charge in [-0.2, -0.15) is 4.31 Å². The van der Waals surface area contributed by atoms with Crippen LogP contribution in [-0.4, -0.2) is 25.3 Å². The summed E-state index contributed by atoms with van der Waals surface area (Å²) in [5, 5.41) is 0. The molecule has 1 heterocycles. The molecule has 4 nitrogen and oxygen atoms in total. The van der Waals surface area contributed by atoms with E-state index in [0.29, 0.717) is 23.0 Å². The van der Waals surface area contributed by atoms with Gasteiger partial charge >= 0.3 is 0 Å². The first-order valence-electron chi connectivity index (χ1n) is 7.38. The maximum Gasteiger partial charge on any atom is 0.243 e. The third kappa shape index (κ3) is 2.23. The van der Waals surface area contributed by atoms with Gasteiger partial charge < -0.3 is 5.73 Å². The summed E-state index contributed by atoms with van der Waals surface area (Å²) in [7, 11) is -3.38. The molecule has 1 aromatic rings. The van der Waals surface area contributed by atoms with Crippen LogP contribution in [0.25, 0.3) is 0 Å². The van der Waals surface area contributed by atoms with Crippen LogP contribution < -0.4 is 5.73 Å². The average Bonchev–Trinajstić information content (AvgIpc) is 2.82. The van der Waals surface area contributed by atoms with Crippen molar-refractivity contribution in [1.82, 2.24) is 4.31 Å². The number of benzene rings is 1. The summed E-state index contributed by atoms with van der Waals surface area (Å²) in [6, 6.07) is 5.27. The molecular formula is C15H22N2O2S. The molecule has 0 spiro atoms. The van der Waals surface area contributed by atoms with E-state index in [-0.39, 0.29) is 6.04 Å². The molecular weight excluding hydrogens is 272 g/mol. The molecule has 1 aliphatic heterocycles. The van der Waals surface area contributed by atoms with Gasteiger partial charge in [-0.15, -0.1) is 0 Å². The van der Waals surface area contributed by atoms with E-state index < -0.39 is 10.0 Å². The van der Waals surface area contributed by atoms with Gasteiger partial charge in [0.15, 0.2) is 0 Å². The molecule has 20 heavy (non-hydrogen) atoms. The van der Waals surface area contributed by atoms with Gasteiger partial charge in [0.05, 0.1) is 4.90 Å². The van der Waals surface area contributed by atoms with Crippen LogP contribution >= 0.6 is 0 Å². The molecule has 0 radical (unpaired) electrons. The minimum Gasteiger partial charge on any atom is -0.399 e. The molecule has 1 aromatic carbocycles. The Kier molecular flexibility index (Phi) is 3.50. The topological polar surface area (TPSA) is 63.4 Å². The lowest BCUT2D eigenvalue weighted by atomic mass is 9.86. The third-order valence-corrected chi connectivity index (χ3v) is 6.83. The quantitative estimate of drug-likeness (QED) is 0.853. The molecule has 0 bridgehead atoms. The summed E-state index contributed by atoms with van der Waals surface area (Å²) >= 11 is 0. The highest BCUT2D eigenvalue weighted by Crippen LogP contribution is 2.39. The Labute approximate surface area is 121 Å². The SMILES string of the molecule is Cc1cc(N)ccc1S(=O)(=O)N1CCC2CCCCC21. The lowest BCUT2D eigenvalue weighted by Gasteiger charge is -2.31. The zero-order valence-electron chi connectivity index (χ0n) is 11.9. The van der Waals surface area contributed by atoms with E-state index in [1.54, 1.807) is 22.5 Å². The lowest BCUT2D eigenvalue weighted by molar-refractivity contribution is 0.260. The Bertz CT molecular complexity index is 612. The van der Waals surface area contributed by atoms with Gasteiger partial charge in [-0.1, -0.05) is 12.8 Å². The molecule has 2 N–H and O–H groups in total. The van der Waals surface area contributed by atoms with Gasteiger partial charge in [0, 0.05) is 18.3 Å². The lowest BCUT2D eigenvalue weighted by Crippen LogP contribution is -2.39. The Morgan fingerprint density at radius 2 is 1.95 bits per heavy atom. The Hall–Kier alpha value is -1.07. The standard InChI is InChI=1S/C15H22N2O2S/c1-11-10-13(16)6-7-15(11)20(18,19)17-9-8-12-4-2-3-5-14(12)17/h6-7,10,12,14H,2-5,8-9,16H2,1H3. The third-order valence-electron chi connectivity index (χ3n) is 4.74. The number of hydrogen-bond acceptors (Lipinski definition) is 3. The van der Waals surface area contributed by atoms with Gasteiger partial charge in [0.2, 0.25) is 10.0 Å². The molecule has 110 valence electrons. The van der Waals surface area contributed by atoms with Crippen LogP contribution in [0, 0.1) is 12.8 Å². The Morgan fingerprint density at radius 3 is 2.70 bits per heavy atom. The first kappa shape index (κ1) is 13.9. The van der Waals surface area contributed by atoms with Crippen LogP contribution in [0.2, 0.25) is 0 Å². The van der Waals surface area contributed by atoms with Gasteiger partial charge in [-0.3, -0.25) is 0 Å². The normalized spacial score (nSPS) is 27.4. The zero-order chi connectivity index (χ0) is 14.3. The second kappa shape index (κ2) is 5.04.